The molecule has 0 N–H and O–H groups in total. The van der Waals surface area contributed by atoms with Crippen molar-refractivity contribution in [2.75, 3.05) is 0 Å². The van der Waals surface area contributed by atoms with Gasteiger partial charge in [-0.3, -0.25) is 9.59 Å². The van der Waals surface area contributed by atoms with Gasteiger partial charge in [0.25, 0.3) is 0 Å². The van der Waals surface area contributed by atoms with Crippen LogP contribution in [0.5, 0.6) is 0 Å². The van der Waals surface area contributed by atoms with Crippen molar-refractivity contribution >= 4 is 11.6 Å². The van der Waals surface area contributed by atoms with Crippen LogP contribution in [0.3, 0.4) is 0 Å². The van der Waals surface area contributed by atoms with Crippen LogP contribution in [0.2, 0.25) is 0 Å². The molecule has 0 spiro atoms. The van der Waals surface area contributed by atoms with E-state index in [4.69, 9.17) is 0 Å². The van der Waals surface area contributed by atoms with Crippen molar-refractivity contribution < 1.29 is 9.59 Å². The molecule has 0 bridgehead atoms. The van der Waals surface area contributed by atoms with E-state index in [2.05, 4.69) is 13.0 Å². The monoisotopic (exact) mass is 210 g/mol. The van der Waals surface area contributed by atoms with Crippen LogP contribution in [-0.2, 0) is 9.59 Å². The van der Waals surface area contributed by atoms with Gasteiger partial charge in [-0.05, 0) is 26.2 Å². The molecule has 0 aliphatic carbocycles. The molecule has 0 rings (SSSR count). The Bertz CT molecular complexity index is 217. The second kappa shape index (κ2) is 9.63. The number of carbonyl (C=O) groups excluding carboxylic acids is 2. The van der Waals surface area contributed by atoms with E-state index in [1.807, 2.05) is 6.08 Å². The fourth-order valence-electron chi connectivity index (χ4n) is 1.36. The Morgan fingerprint density at radius 2 is 1.73 bits per heavy atom. The molecule has 2 heteroatoms. The van der Waals surface area contributed by atoms with Crippen molar-refractivity contribution in [3.8, 4) is 0 Å². The molecule has 0 radical (unpaired) electrons. The van der Waals surface area contributed by atoms with Crippen molar-refractivity contribution in [2.45, 2.75) is 58.8 Å². The lowest BCUT2D eigenvalue weighted by atomic mass is 10.1. The first-order chi connectivity index (χ1) is 7.16. The predicted octanol–water partition coefficient (Wildman–Crippen LogP) is 3.45. The number of Topliss-reactive ketones (excluding diaryl/α,β-unsaturated/α-hetero) is 2. The Labute approximate surface area is 92.8 Å². The first kappa shape index (κ1) is 14.1. The summed E-state index contributed by atoms with van der Waals surface area (Å²) in [5.74, 6) is 0.0210. The van der Waals surface area contributed by atoms with Gasteiger partial charge in [0, 0.05) is 6.42 Å². The van der Waals surface area contributed by atoms with Crippen LogP contribution < -0.4 is 0 Å². The number of hydrogen-bond acceptors (Lipinski definition) is 2. The summed E-state index contributed by atoms with van der Waals surface area (Å²) in [7, 11) is 0. The molecule has 0 saturated heterocycles. The third-order valence-electron chi connectivity index (χ3n) is 2.18. The van der Waals surface area contributed by atoms with Gasteiger partial charge >= 0.3 is 0 Å². The molecule has 0 aromatic rings. The normalized spacial score (nSPS) is 10.8. The van der Waals surface area contributed by atoms with Crippen LogP contribution in [0.1, 0.15) is 58.8 Å². The van der Waals surface area contributed by atoms with Crippen molar-refractivity contribution in [3.63, 3.8) is 0 Å². The smallest absolute Gasteiger partial charge is 0.140 e. The summed E-state index contributed by atoms with van der Waals surface area (Å²) in [5, 5.41) is 0. The standard InChI is InChI=1S/C13H22O2/c1-3-4-5-6-7-8-9-10-13(15)11-12(2)14/h7-8H,3-6,9-11H2,1-2H3/b8-7+. The number of rotatable bonds is 9. The van der Waals surface area contributed by atoms with Crippen LogP contribution in [0.4, 0.5) is 0 Å². The van der Waals surface area contributed by atoms with E-state index in [-0.39, 0.29) is 18.0 Å². The molecule has 0 heterocycles. The summed E-state index contributed by atoms with van der Waals surface area (Å²) in [4.78, 5) is 21.8. The maximum Gasteiger partial charge on any atom is 0.140 e. The van der Waals surface area contributed by atoms with E-state index in [0.29, 0.717) is 6.42 Å². The highest BCUT2D eigenvalue weighted by molar-refractivity contribution is 5.97. The second-order valence-corrected chi connectivity index (χ2v) is 3.92. The molecule has 0 aliphatic rings. The zero-order valence-corrected chi connectivity index (χ0v) is 9.92. The number of unbranched alkanes of at least 4 members (excludes halogenated alkanes) is 3. The van der Waals surface area contributed by atoms with Gasteiger partial charge in [-0.25, -0.2) is 0 Å². The summed E-state index contributed by atoms with van der Waals surface area (Å²) in [6, 6.07) is 0. The highest BCUT2D eigenvalue weighted by Gasteiger charge is 2.02. The highest BCUT2D eigenvalue weighted by Crippen LogP contribution is 2.02. The van der Waals surface area contributed by atoms with Gasteiger partial charge in [0.2, 0.25) is 0 Å². The molecule has 0 aromatic carbocycles. The SMILES string of the molecule is CCCCC/C=C/CCC(=O)CC(C)=O. The van der Waals surface area contributed by atoms with Crippen LogP contribution in [0.25, 0.3) is 0 Å². The third kappa shape index (κ3) is 11.0. The van der Waals surface area contributed by atoms with Crippen molar-refractivity contribution in [1.29, 1.82) is 0 Å². The number of carbonyl (C=O) groups is 2. The summed E-state index contributed by atoms with van der Waals surface area (Å²) in [6.07, 6.45) is 10.4. The van der Waals surface area contributed by atoms with E-state index in [1.54, 1.807) is 0 Å². The minimum Gasteiger partial charge on any atom is -0.300 e. The largest absolute Gasteiger partial charge is 0.300 e. The highest BCUT2D eigenvalue weighted by atomic mass is 16.1. The van der Waals surface area contributed by atoms with Gasteiger partial charge in [0.05, 0.1) is 6.42 Å². The predicted molar refractivity (Wildman–Crippen MR) is 62.8 cm³/mol. The van der Waals surface area contributed by atoms with Gasteiger partial charge in [-0.2, -0.15) is 0 Å². The molecule has 15 heavy (non-hydrogen) atoms. The van der Waals surface area contributed by atoms with E-state index in [9.17, 15) is 9.59 Å². The molecule has 86 valence electrons. The van der Waals surface area contributed by atoms with Gasteiger partial charge < -0.3 is 0 Å². The molecule has 0 amide bonds. The average molecular weight is 210 g/mol. The lowest BCUT2D eigenvalue weighted by molar-refractivity contribution is -0.125. The molecule has 0 saturated carbocycles. The van der Waals surface area contributed by atoms with Gasteiger partial charge in [-0.15, -0.1) is 0 Å². The summed E-state index contributed by atoms with van der Waals surface area (Å²) in [5.41, 5.74) is 0. The van der Waals surface area contributed by atoms with Crippen molar-refractivity contribution in [1.82, 2.24) is 0 Å². The van der Waals surface area contributed by atoms with Gasteiger partial charge in [0.15, 0.2) is 0 Å². The maximum absolute atomic E-state index is 11.1. The number of ketones is 2. The Hall–Kier alpha value is -0.920. The summed E-state index contributed by atoms with van der Waals surface area (Å²) in [6.45, 7) is 3.64. The first-order valence-corrected chi connectivity index (χ1v) is 5.83. The van der Waals surface area contributed by atoms with E-state index in [1.165, 1.54) is 26.2 Å². The minimum absolute atomic E-state index is 0.0353. The molecule has 0 aliphatic heterocycles. The quantitative estimate of drug-likeness (QED) is 0.332. The van der Waals surface area contributed by atoms with E-state index >= 15 is 0 Å². The lowest BCUT2D eigenvalue weighted by Crippen LogP contribution is -2.03. The Kier molecular flexibility index (Phi) is 9.04. The number of allylic oxidation sites excluding steroid dienone is 2. The molecule has 0 atom stereocenters. The van der Waals surface area contributed by atoms with Crippen LogP contribution in [-0.4, -0.2) is 11.6 Å². The molecule has 0 unspecified atom stereocenters. The zero-order chi connectivity index (χ0) is 11.5. The van der Waals surface area contributed by atoms with Crippen LogP contribution >= 0.6 is 0 Å². The van der Waals surface area contributed by atoms with Crippen LogP contribution in [0.15, 0.2) is 12.2 Å². The van der Waals surface area contributed by atoms with Crippen molar-refractivity contribution in [3.05, 3.63) is 12.2 Å². The van der Waals surface area contributed by atoms with Crippen molar-refractivity contribution in [2.24, 2.45) is 0 Å². The molecular formula is C13H22O2. The van der Waals surface area contributed by atoms with Gasteiger partial charge in [0.1, 0.15) is 11.6 Å². The summed E-state index contributed by atoms with van der Waals surface area (Å²) < 4.78 is 0. The zero-order valence-electron chi connectivity index (χ0n) is 9.92. The fraction of sp³-hybridized carbons (Fsp3) is 0.692. The minimum atomic E-state index is -0.0353. The van der Waals surface area contributed by atoms with E-state index in [0.717, 1.165) is 12.8 Å². The Balaban J connectivity index is 3.36. The topological polar surface area (TPSA) is 34.1 Å². The van der Waals surface area contributed by atoms with E-state index < -0.39 is 0 Å². The van der Waals surface area contributed by atoms with Crippen LogP contribution in [0, 0.1) is 0 Å². The average Bonchev–Trinajstić information content (AvgIpc) is 2.15. The first-order valence-electron chi connectivity index (χ1n) is 5.83. The number of hydrogen-bond donors (Lipinski definition) is 0. The molecular weight excluding hydrogens is 188 g/mol. The lowest BCUT2D eigenvalue weighted by Gasteiger charge is -1.94. The fourth-order valence-corrected chi connectivity index (χ4v) is 1.36. The van der Waals surface area contributed by atoms with Gasteiger partial charge in [-0.1, -0.05) is 31.9 Å². The molecule has 0 fully saturated rings. The molecule has 2 nitrogen and oxygen atoms in total. The maximum atomic E-state index is 11.1. The second-order valence-electron chi connectivity index (χ2n) is 3.92. The Morgan fingerprint density at radius 1 is 1.07 bits per heavy atom. The third-order valence-corrected chi connectivity index (χ3v) is 2.18. The summed E-state index contributed by atoms with van der Waals surface area (Å²) >= 11 is 0. The molecule has 0 aromatic heterocycles. The Morgan fingerprint density at radius 3 is 2.33 bits per heavy atom.